The molecule has 1 aromatic heterocycles. The van der Waals surface area contributed by atoms with E-state index in [1.54, 1.807) is 11.3 Å². The second kappa shape index (κ2) is 8.35. The van der Waals surface area contributed by atoms with Gasteiger partial charge in [-0.15, -0.1) is 11.3 Å². The van der Waals surface area contributed by atoms with E-state index in [0.717, 1.165) is 37.7 Å². The summed E-state index contributed by atoms with van der Waals surface area (Å²) in [6, 6.07) is 0. The predicted octanol–water partition coefficient (Wildman–Crippen LogP) is 5.10. The first kappa shape index (κ1) is 18.4. The molecule has 1 fully saturated rings. The highest BCUT2D eigenvalue weighted by atomic mass is 32.1. The molecule has 0 radical (unpaired) electrons. The number of fused-ring (bicyclic) bond motifs is 1. The van der Waals surface area contributed by atoms with Crippen molar-refractivity contribution in [3.63, 3.8) is 0 Å². The third kappa shape index (κ3) is 4.63. The van der Waals surface area contributed by atoms with Gasteiger partial charge in [-0.25, -0.2) is 4.79 Å². The van der Waals surface area contributed by atoms with Gasteiger partial charge in [0.15, 0.2) is 0 Å². The van der Waals surface area contributed by atoms with E-state index >= 15 is 0 Å². The van der Waals surface area contributed by atoms with Gasteiger partial charge in [-0.1, -0.05) is 25.7 Å². The average Bonchev–Trinajstić information content (AvgIpc) is 3.19. The maximum Gasteiger partial charge on any atom is 0.341 e. The van der Waals surface area contributed by atoms with E-state index in [2.05, 4.69) is 5.32 Å². The zero-order valence-electron chi connectivity index (χ0n) is 15.4. The normalized spacial score (nSPS) is 17.6. The van der Waals surface area contributed by atoms with Crippen LogP contribution in [0.15, 0.2) is 0 Å². The summed E-state index contributed by atoms with van der Waals surface area (Å²) in [6.07, 6.45) is 10.6. The molecule has 0 aromatic carbocycles. The van der Waals surface area contributed by atoms with Crippen LogP contribution in [0.2, 0.25) is 0 Å². The molecule has 2 aliphatic carbocycles. The minimum atomic E-state index is -0.291. The van der Waals surface area contributed by atoms with Gasteiger partial charge in [0.1, 0.15) is 5.00 Å². The summed E-state index contributed by atoms with van der Waals surface area (Å²) in [5.41, 5.74) is 1.72. The van der Waals surface area contributed by atoms with Gasteiger partial charge in [0, 0.05) is 11.3 Å². The van der Waals surface area contributed by atoms with Gasteiger partial charge in [0.05, 0.1) is 11.7 Å². The molecule has 0 unspecified atom stereocenters. The third-order valence-electron chi connectivity index (χ3n) is 5.23. The van der Waals surface area contributed by atoms with E-state index in [1.807, 2.05) is 13.8 Å². The lowest BCUT2D eigenvalue weighted by Gasteiger charge is -2.14. The monoisotopic (exact) mass is 363 g/mol. The SMILES string of the molecule is CC(C)OC(=O)c1c(NC(=O)CCC2CCCC2)sc2c1CCCC2. The maximum absolute atomic E-state index is 12.6. The standard InChI is InChI=1S/C20H29NO3S/c1-13(2)24-20(23)18-15-9-5-6-10-16(15)25-19(18)21-17(22)12-11-14-7-3-4-8-14/h13-14H,3-12H2,1-2H3,(H,21,22). The number of anilines is 1. The minimum absolute atomic E-state index is 0.0316. The van der Waals surface area contributed by atoms with E-state index in [4.69, 9.17) is 4.74 Å². The highest BCUT2D eigenvalue weighted by Gasteiger charge is 2.28. The highest BCUT2D eigenvalue weighted by molar-refractivity contribution is 7.17. The fraction of sp³-hybridized carbons (Fsp3) is 0.700. The lowest BCUT2D eigenvalue weighted by Crippen LogP contribution is -2.18. The fourth-order valence-electron chi connectivity index (χ4n) is 3.97. The molecule has 1 N–H and O–H groups in total. The molecule has 1 heterocycles. The summed E-state index contributed by atoms with van der Waals surface area (Å²) in [5.74, 6) is 0.442. The van der Waals surface area contributed by atoms with Gasteiger partial charge in [-0.05, 0) is 57.4 Å². The van der Waals surface area contributed by atoms with E-state index in [-0.39, 0.29) is 18.0 Å². The summed E-state index contributed by atoms with van der Waals surface area (Å²) in [7, 11) is 0. The molecule has 2 aliphatic rings. The van der Waals surface area contributed by atoms with Crippen molar-refractivity contribution in [2.75, 3.05) is 5.32 Å². The van der Waals surface area contributed by atoms with Crippen molar-refractivity contribution in [3.8, 4) is 0 Å². The number of hydrogen-bond acceptors (Lipinski definition) is 4. The first-order valence-corrected chi connectivity index (χ1v) is 10.5. The van der Waals surface area contributed by atoms with E-state index < -0.39 is 0 Å². The van der Waals surface area contributed by atoms with Crippen LogP contribution in [0, 0.1) is 5.92 Å². The number of carbonyl (C=O) groups excluding carboxylic acids is 2. The second-order valence-electron chi connectivity index (χ2n) is 7.61. The zero-order chi connectivity index (χ0) is 17.8. The Balaban J connectivity index is 1.71. The van der Waals surface area contributed by atoms with Crippen LogP contribution in [-0.2, 0) is 22.4 Å². The summed E-state index contributed by atoms with van der Waals surface area (Å²) in [5, 5.41) is 3.73. The fourth-order valence-corrected chi connectivity index (χ4v) is 5.26. The van der Waals surface area contributed by atoms with Crippen molar-refractivity contribution in [2.24, 2.45) is 5.92 Å². The van der Waals surface area contributed by atoms with Crippen LogP contribution in [0.4, 0.5) is 5.00 Å². The Morgan fingerprint density at radius 3 is 2.60 bits per heavy atom. The Labute approximate surface area is 154 Å². The number of aryl methyl sites for hydroxylation is 1. The van der Waals surface area contributed by atoms with Crippen molar-refractivity contribution in [1.29, 1.82) is 0 Å². The molecule has 25 heavy (non-hydrogen) atoms. The number of hydrogen-bond donors (Lipinski definition) is 1. The summed E-state index contributed by atoms with van der Waals surface area (Å²) < 4.78 is 5.44. The van der Waals surface area contributed by atoms with E-state index in [0.29, 0.717) is 22.9 Å². The number of ether oxygens (including phenoxy) is 1. The number of esters is 1. The molecule has 138 valence electrons. The number of rotatable bonds is 6. The van der Waals surface area contributed by atoms with Gasteiger partial charge < -0.3 is 10.1 Å². The summed E-state index contributed by atoms with van der Waals surface area (Å²) in [4.78, 5) is 26.3. The van der Waals surface area contributed by atoms with Crippen molar-refractivity contribution in [2.45, 2.75) is 84.2 Å². The number of amides is 1. The molecule has 0 atom stereocenters. The lowest BCUT2D eigenvalue weighted by molar-refractivity contribution is -0.116. The predicted molar refractivity (Wildman–Crippen MR) is 101 cm³/mol. The first-order chi connectivity index (χ1) is 12.0. The van der Waals surface area contributed by atoms with Gasteiger partial charge in [0.2, 0.25) is 5.91 Å². The summed E-state index contributed by atoms with van der Waals surface area (Å²) in [6.45, 7) is 3.72. The van der Waals surface area contributed by atoms with Gasteiger partial charge in [-0.3, -0.25) is 4.79 Å². The molecular formula is C20H29NO3S. The van der Waals surface area contributed by atoms with Gasteiger partial charge in [0.25, 0.3) is 0 Å². The Bertz CT molecular complexity index is 629. The quantitative estimate of drug-likeness (QED) is 0.715. The minimum Gasteiger partial charge on any atom is -0.459 e. The first-order valence-electron chi connectivity index (χ1n) is 9.70. The molecule has 0 aliphatic heterocycles. The molecule has 4 nitrogen and oxygen atoms in total. The summed E-state index contributed by atoms with van der Waals surface area (Å²) >= 11 is 1.57. The number of carbonyl (C=O) groups is 2. The van der Waals surface area contributed by atoms with Crippen LogP contribution < -0.4 is 5.32 Å². The Morgan fingerprint density at radius 1 is 1.16 bits per heavy atom. The lowest BCUT2D eigenvalue weighted by atomic mass is 9.95. The molecule has 1 saturated carbocycles. The Morgan fingerprint density at radius 2 is 1.88 bits per heavy atom. The molecular weight excluding hydrogens is 334 g/mol. The van der Waals surface area contributed by atoms with E-state index in [1.165, 1.54) is 30.6 Å². The molecule has 0 spiro atoms. The van der Waals surface area contributed by atoms with Crippen molar-refractivity contribution < 1.29 is 14.3 Å². The van der Waals surface area contributed by atoms with Crippen LogP contribution in [0.5, 0.6) is 0 Å². The van der Waals surface area contributed by atoms with Crippen LogP contribution in [-0.4, -0.2) is 18.0 Å². The molecule has 0 saturated heterocycles. The van der Waals surface area contributed by atoms with Gasteiger partial charge in [-0.2, -0.15) is 0 Å². The smallest absolute Gasteiger partial charge is 0.341 e. The van der Waals surface area contributed by atoms with Crippen LogP contribution in [0.25, 0.3) is 0 Å². The van der Waals surface area contributed by atoms with Gasteiger partial charge >= 0.3 is 5.97 Å². The average molecular weight is 364 g/mol. The van der Waals surface area contributed by atoms with E-state index in [9.17, 15) is 9.59 Å². The molecule has 0 bridgehead atoms. The van der Waals surface area contributed by atoms with Crippen LogP contribution in [0.1, 0.15) is 86.0 Å². The third-order valence-corrected chi connectivity index (χ3v) is 6.43. The van der Waals surface area contributed by atoms with Crippen LogP contribution >= 0.6 is 11.3 Å². The molecule has 3 rings (SSSR count). The second-order valence-corrected chi connectivity index (χ2v) is 8.71. The number of nitrogens with one attached hydrogen (secondary N) is 1. The topological polar surface area (TPSA) is 55.4 Å². The molecule has 1 aromatic rings. The van der Waals surface area contributed by atoms with Crippen molar-refractivity contribution in [1.82, 2.24) is 0 Å². The molecule has 5 heteroatoms. The number of thiophene rings is 1. The van der Waals surface area contributed by atoms with Crippen molar-refractivity contribution >= 4 is 28.2 Å². The Kier molecular flexibility index (Phi) is 6.15. The largest absolute Gasteiger partial charge is 0.459 e. The molecule has 1 amide bonds. The highest BCUT2D eigenvalue weighted by Crippen LogP contribution is 2.39. The Hall–Kier alpha value is -1.36. The van der Waals surface area contributed by atoms with Crippen molar-refractivity contribution in [3.05, 3.63) is 16.0 Å². The van der Waals surface area contributed by atoms with Crippen LogP contribution in [0.3, 0.4) is 0 Å². The zero-order valence-corrected chi connectivity index (χ0v) is 16.2. The maximum atomic E-state index is 12.6.